The molecule has 2 N–H and O–H groups in total. The smallest absolute Gasteiger partial charge is 0.322 e. The van der Waals surface area contributed by atoms with Gasteiger partial charge in [-0.25, -0.2) is 0 Å². The highest BCUT2D eigenvalue weighted by Gasteiger charge is 2.10. The molecule has 18 heavy (non-hydrogen) atoms. The third-order valence-electron chi connectivity index (χ3n) is 2.33. The van der Waals surface area contributed by atoms with Gasteiger partial charge in [-0.05, 0) is 25.1 Å². The third-order valence-corrected chi connectivity index (χ3v) is 2.56. The zero-order valence-corrected chi connectivity index (χ0v) is 10.8. The van der Waals surface area contributed by atoms with Gasteiger partial charge in [0.15, 0.2) is 0 Å². The molecule has 0 unspecified atom stereocenters. The zero-order valence-electron chi connectivity index (χ0n) is 10.0. The van der Waals surface area contributed by atoms with Crippen molar-refractivity contribution in [2.75, 3.05) is 24.5 Å². The molecule has 0 aliphatic heterocycles. The first-order valence-corrected chi connectivity index (χ1v) is 5.89. The van der Waals surface area contributed by atoms with E-state index in [-0.39, 0.29) is 19.0 Å². The number of rotatable bonds is 6. The Labute approximate surface area is 110 Å². The molecular formula is C12H15ClN2O3. The van der Waals surface area contributed by atoms with Crippen LogP contribution in [-0.2, 0) is 9.59 Å². The van der Waals surface area contributed by atoms with Crippen molar-refractivity contribution in [1.82, 2.24) is 5.32 Å². The summed E-state index contributed by atoms with van der Waals surface area (Å²) >= 11 is 5.88. The Morgan fingerprint density at radius 1 is 1.44 bits per heavy atom. The van der Waals surface area contributed by atoms with Crippen LogP contribution >= 0.6 is 11.6 Å². The predicted octanol–water partition coefficient (Wildman–Crippen LogP) is 1.37. The van der Waals surface area contributed by atoms with Gasteiger partial charge in [0.05, 0.1) is 6.54 Å². The lowest BCUT2D eigenvalue weighted by atomic mass is 10.3. The lowest BCUT2D eigenvalue weighted by Crippen LogP contribution is -2.39. The van der Waals surface area contributed by atoms with E-state index in [0.29, 0.717) is 11.6 Å². The van der Waals surface area contributed by atoms with E-state index in [1.807, 2.05) is 17.9 Å². The molecule has 0 aliphatic carbocycles. The molecule has 98 valence electrons. The van der Waals surface area contributed by atoms with Crippen molar-refractivity contribution in [3.63, 3.8) is 0 Å². The van der Waals surface area contributed by atoms with E-state index in [2.05, 4.69) is 5.32 Å². The van der Waals surface area contributed by atoms with Gasteiger partial charge in [0, 0.05) is 17.3 Å². The van der Waals surface area contributed by atoms with Crippen LogP contribution in [0.2, 0.25) is 5.02 Å². The molecule has 1 amide bonds. The Hall–Kier alpha value is -1.75. The Morgan fingerprint density at radius 3 is 2.72 bits per heavy atom. The van der Waals surface area contributed by atoms with Gasteiger partial charge in [0.2, 0.25) is 5.91 Å². The van der Waals surface area contributed by atoms with E-state index < -0.39 is 5.97 Å². The molecule has 1 rings (SSSR count). The molecule has 0 aromatic heterocycles. The van der Waals surface area contributed by atoms with Crippen LogP contribution in [0.15, 0.2) is 24.3 Å². The fourth-order valence-electron chi connectivity index (χ4n) is 1.46. The second-order valence-electron chi connectivity index (χ2n) is 3.66. The number of benzene rings is 1. The van der Waals surface area contributed by atoms with Crippen molar-refractivity contribution in [2.24, 2.45) is 0 Å². The van der Waals surface area contributed by atoms with Crippen LogP contribution in [0.4, 0.5) is 5.69 Å². The van der Waals surface area contributed by atoms with Gasteiger partial charge < -0.3 is 15.3 Å². The summed E-state index contributed by atoms with van der Waals surface area (Å²) in [5.41, 5.74) is 0.829. The highest BCUT2D eigenvalue weighted by atomic mass is 35.5. The van der Waals surface area contributed by atoms with E-state index in [9.17, 15) is 9.59 Å². The summed E-state index contributed by atoms with van der Waals surface area (Å²) in [6.07, 6.45) is 0. The number of aliphatic carboxylic acids is 1. The number of nitrogens with one attached hydrogen (secondary N) is 1. The Bertz CT molecular complexity index is 437. The molecule has 0 bridgehead atoms. The van der Waals surface area contributed by atoms with Crippen molar-refractivity contribution >= 4 is 29.2 Å². The van der Waals surface area contributed by atoms with Gasteiger partial charge in [-0.15, -0.1) is 0 Å². The lowest BCUT2D eigenvalue weighted by Gasteiger charge is -2.22. The first-order chi connectivity index (χ1) is 8.52. The third kappa shape index (κ3) is 4.63. The maximum atomic E-state index is 11.5. The topological polar surface area (TPSA) is 69.6 Å². The average Bonchev–Trinajstić information content (AvgIpc) is 2.33. The fraction of sp³-hybridized carbons (Fsp3) is 0.333. The second-order valence-corrected chi connectivity index (χ2v) is 4.10. The van der Waals surface area contributed by atoms with Crippen LogP contribution < -0.4 is 10.2 Å². The minimum Gasteiger partial charge on any atom is -0.480 e. The average molecular weight is 271 g/mol. The van der Waals surface area contributed by atoms with E-state index in [1.54, 1.807) is 18.2 Å². The lowest BCUT2D eigenvalue weighted by molar-refractivity contribution is -0.137. The number of carboxylic acid groups (broad SMARTS) is 1. The maximum absolute atomic E-state index is 11.5. The number of anilines is 1. The standard InChI is InChI=1S/C12H15ClN2O3/c1-2-15(8-11(16)14-7-12(17)18)10-5-3-4-9(13)6-10/h3-6H,2,7-8H2,1H3,(H,14,16)(H,17,18). The molecule has 0 spiro atoms. The van der Waals surface area contributed by atoms with Gasteiger partial charge in [-0.1, -0.05) is 17.7 Å². The normalized spacial score (nSPS) is 9.89. The van der Waals surface area contributed by atoms with Crippen LogP contribution in [0.1, 0.15) is 6.92 Å². The maximum Gasteiger partial charge on any atom is 0.322 e. The van der Waals surface area contributed by atoms with Gasteiger partial charge >= 0.3 is 5.97 Å². The van der Waals surface area contributed by atoms with Crippen LogP contribution in [0.25, 0.3) is 0 Å². The Balaban J connectivity index is 2.62. The van der Waals surface area contributed by atoms with Gasteiger partial charge in [-0.3, -0.25) is 9.59 Å². The SMILES string of the molecule is CCN(CC(=O)NCC(=O)O)c1cccc(Cl)c1. The number of carbonyl (C=O) groups excluding carboxylic acids is 1. The van der Waals surface area contributed by atoms with Crippen molar-refractivity contribution < 1.29 is 14.7 Å². The fourth-order valence-corrected chi connectivity index (χ4v) is 1.65. The predicted molar refractivity (Wildman–Crippen MR) is 70.0 cm³/mol. The van der Waals surface area contributed by atoms with Crippen LogP contribution in [0, 0.1) is 0 Å². The minimum absolute atomic E-state index is 0.101. The number of halogens is 1. The Morgan fingerprint density at radius 2 is 2.17 bits per heavy atom. The number of likely N-dealkylation sites (N-methyl/N-ethyl adjacent to an activating group) is 1. The second kappa shape index (κ2) is 6.86. The van der Waals surface area contributed by atoms with Crippen molar-refractivity contribution in [1.29, 1.82) is 0 Å². The van der Waals surface area contributed by atoms with E-state index in [4.69, 9.17) is 16.7 Å². The summed E-state index contributed by atoms with van der Waals surface area (Å²) in [7, 11) is 0. The summed E-state index contributed by atoms with van der Waals surface area (Å²) < 4.78 is 0. The van der Waals surface area contributed by atoms with Crippen molar-refractivity contribution in [3.8, 4) is 0 Å². The molecule has 0 saturated heterocycles. The van der Waals surface area contributed by atoms with Gasteiger partial charge in [-0.2, -0.15) is 0 Å². The quantitative estimate of drug-likeness (QED) is 0.819. The summed E-state index contributed by atoms with van der Waals surface area (Å²) in [6.45, 7) is 2.27. The van der Waals surface area contributed by atoms with Crippen molar-refractivity contribution in [2.45, 2.75) is 6.92 Å². The summed E-state index contributed by atoms with van der Waals surface area (Å²) in [5, 5.41) is 11.4. The molecule has 0 heterocycles. The molecule has 0 saturated carbocycles. The first kappa shape index (κ1) is 14.3. The molecule has 5 nitrogen and oxygen atoms in total. The molecular weight excluding hydrogens is 256 g/mol. The largest absolute Gasteiger partial charge is 0.480 e. The van der Waals surface area contributed by atoms with E-state index in [1.165, 1.54) is 0 Å². The van der Waals surface area contributed by atoms with E-state index >= 15 is 0 Å². The number of carbonyl (C=O) groups is 2. The van der Waals surface area contributed by atoms with Crippen LogP contribution in [0.3, 0.4) is 0 Å². The first-order valence-electron chi connectivity index (χ1n) is 5.52. The van der Waals surface area contributed by atoms with Crippen LogP contribution in [-0.4, -0.2) is 36.6 Å². The monoisotopic (exact) mass is 270 g/mol. The minimum atomic E-state index is -1.06. The molecule has 0 radical (unpaired) electrons. The number of hydrogen-bond donors (Lipinski definition) is 2. The van der Waals surface area contributed by atoms with Gasteiger partial charge in [0.1, 0.15) is 6.54 Å². The molecule has 0 fully saturated rings. The number of nitrogens with zero attached hydrogens (tertiary/aromatic N) is 1. The number of carboxylic acids is 1. The van der Waals surface area contributed by atoms with Gasteiger partial charge in [0.25, 0.3) is 0 Å². The number of hydrogen-bond acceptors (Lipinski definition) is 3. The summed E-state index contributed by atoms with van der Waals surface area (Å²) in [6, 6.07) is 7.16. The molecule has 6 heteroatoms. The molecule has 1 aromatic rings. The molecule has 1 aromatic carbocycles. The van der Waals surface area contributed by atoms with E-state index in [0.717, 1.165) is 5.69 Å². The summed E-state index contributed by atoms with van der Waals surface area (Å²) in [5.74, 6) is -1.40. The van der Waals surface area contributed by atoms with Crippen LogP contribution in [0.5, 0.6) is 0 Å². The zero-order chi connectivity index (χ0) is 13.5. The molecule has 0 atom stereocenters. The summed E-state index contributed by atoms with van der Waals surface area (Å²) in [4.78, 5) is 23.7. The Kier molecular flexibility index (Phi) is 5.45. The highest BCUT2D eigenvalue weighted by Crippen LogP contribution is 2.18. The number of amides is 1. The molecule has 0 aliphatic rings. The van der Waals surface area contributed by atoms with Crippen molar-refractivity contribution in [3.05, 3.63) is 29.3 Å². The highest BCUT2D eigenvalue weighted by molar-refractivity contribution is 6.30.